The molecule has 1 unspecified atom stereocenters. The van der Waals surface area contributed by atoms with Crippen molar-refractivity contribution in [1.29, 1.82) is 0 Å². The Kier molecular flexibility index (Phi) is 13.9. The molecule has 7 nitrogen and oxygen atoms in total. The molecule has 0 spiro atoms. The molecule has 0 saturated carbocycles. The van der Waals surface area contributed by atoms with Crippen LogP contribution in [0, 0.1) is 0 Å². The highest BCUT2D eigenvalue weighted by atomic mass is 127. The molecular weight excluding hydrogens is 493 g/mol. The van der Waals surface area contributed by atoms with E-state index in [1.54, 1.807) is 14.2 Å². The van der Waals surface area contributed by atoms with Crippen molar-refractivity contribution < 1.29 is 9.47 Å². The number of benzene rings is 1. The highest BCUT2D eigenvalue weighted by Gasteiger charge is 2.14. The summed E-state index contributed by atoms with van der Waals surface area (Å²) in [5.41, 5.74) is 0. The fourth-order valence-corrected chi connectivity index (χ4v) is 3.41. The van der Waals surface area contributed by atoms with Crippen molar-refractivity contribution >= 4 is 29.9 Å². The molecule has 8 heteroatoms. The molecule has 30 heavy (non-hydrogen) atoms. The molecule has 1 aromatic rings. The topological polar surface area (TPSA) is 61.4 Å². The van der Waals surface area contributed by atoms with Crippen LogP contribution in [0.25, 0.3) is 0 Å². The van der Waals surface area contributed by atoms with Gasteiger partial charge in [0.2, 0.25) is 0 Å². The molecule has 1 aliphatic heterocycles. The first-order valence-electron chi connectivity index (χ1n) is 10.8. The highest BCUT2D eigenvalue weighted by Crippen LogP contribution is 2.19. The maximum Gasteiger partial charge on any atom is 0.191 e. The van der Waals surface area contributed by atoms with Crippen molar-refractivity contribution in [2.24, 2.45) is 4.99 Å². The number of likely N-dealkylation sites (N-methyl/N-ethyl adjacent to an activating group) is 1. The second kappa shape index (κ2) is 15.5. The van der Waals surface area contributed by atoms with E-state index in [0.717, 1.165) is 30.4 Å². The number of piperazine rings is 1. The Morgan fingerprint density at radius 2 is 1.80 bits per heavy atom. The third kappa shape index (κ3) is 10.2. The van der Waals surface area contributed by atoms with Crippen molar-refractivity contribution in [3.8, 4) is 11.5 Å². The van der Waals surface area contributed by atoms with Crippen molar-refractivity contribution in [3.63, 3.8) is 0 Å². The first-order chi connectivity index (χ1) is 14.1. The molecule has 2 rings (SSSR count). The Balaban J connectivity index is 0.00000450. The maximum absolute atomic E-state index is 5.94. The smallest absolute Gasteiger partial charge is 0.191 e. The van der Waals surface area contributed by atoms with Crippen LogP contribution in [0.5, 0.6) is 11.5 Å². The molecule has 0 bridgehead atoms. The van der Waals surface area contributed by atoms with Gasteiger partial charge in [0.1, 0.15) is 17.6 Å². The van der Waals surface area contributed by atoms with Gasteiger partial charge < -0.3 is 29.9 Å². The lowest BCUT2D eigenvalue weighted by atomic mass is 10.2. The number of halogens is 1. The summed E-state index contributed by atoms with van der Waals surface area (Å²) in [4.78, 5) is 9.40. The van der Waals surface area contributed by atoms with Gasteiger partial charge in [-0.05, 0) is 45.0 Å². The summed E-state index contributed by atoms with van der Waals surface area (Å²) < 4.78 is 11.2. The molecule has 1 aromatic carbocycles. The number of hydrogen-bond donors (Lipinski definition) is 2. The number of methoxy groups -OCH3 is 1. The zero-order valence-corrected chi connectivity index (χ0v) is 21.4. The van der Waals surface area contributed by atoms with Gasteiger partial charge >= 0.3 is 0 Å². The Morgan fingerprint density at radius 1 is 1.10 bits per heavy atom. The normalized spacial score (nSPS) is 16.5. The van der Waals surface area contributed by atoms with E-state index in [1.807, 2.05) is 31.2 Å². The average Bonchev–Trinajstić information content (AvgIpc) is 2.76. The summed E-state index contributed by atoms with van der Waals surface area (Å²) in [5, 5.41) is 6.73. The number of aliphatic imine (C=N–C) groups is 1. The zero-order valence-electron chi connectivity index (χ0n) is 19.0. The average molecular weight is 533 g/mol. The quantitative estimate of drug-likeness (QED) is 0.198. The maximum atomic E-state index is 5.94. The van der Waals surface area contributed by atoms with E-state index in [1.165, 1.54) is 45.7 Å². The number of rotatable bonds is 11. The number of nitrogens with zero attached hydrogens (tertiary/aromatic N) is 3. The number of guanidine groups is 1. The van der Waals surface area contributed by atoms with Crippen LogP contribution in [0.15, 0.2) is 29.3 Å². The van der Waals surface area contributed by atoms with E-state index in [2.05, 4.69) is 32.3 Å². The van der Waals surface area contributed by atoms with E-state index in [0.29, 0.717) is 6.54 Å². The van der Waals surface area contributed by atoms with Gasteiger partial charge in [-0.1, -0.05) is 13.0 Å². The van der Waals surface area contributed by atoms with Gasteiger partial charge in [0.05, 0.1) is 13.7 Å². The lowest BCUT2D eigenvalue weighted by Gasteiger charge is -2.34. The van der Waals surface area contributed by atoms with E-state index in [-0.39, 0.29) is 30.1 Å². The molecule has 172 valence electrons. The van der Waals surface area contributed by atoms with Gasteiger partial charge in [-0.3, -0.25) is 4.99 Å². The summed E-state index contributed by atoms with van der Waals surface area (Å²) >= 11 is 0. The summed E-state index contributed by atoms with van der Waals surface area (Å²) in [6, 6.07) is 7.67. The molecule has 0 aromatic heterocycles. The lowest BCUT2D eigenvalue weighted by Crippen LogP contribution is -2.46. The van der Waals surface area contributed by atoms with Crippen LogP contribution in [0.4, 0.5) is 0 Å². The Hall–Kier alpha value is -1.26. The van der Waals surface area contributed by atoms with Gasteiger partial charge in [-0.15, -0.1) is 24.0 Å². The molecular formula is C22H40IN5O2. The molecule has 0 aliphatic carbocycles. The molecule has 0 amide bonds. The fourth-order valence-electron chi connectivity index (χ4n) is 3.41. The lowest BCUT2D eigenvalue weighted by molar-refractivity contribution is 0.136. The summed E-state index contributed by atoms with van der Waals surface area (Å²) in [6.07, 6.45) is 2.37. The summed E-state index contributed by atoms with van der Waals surface area (Å²) in [6.45, 7) is 13.1. The first-order valence-corrected chi connectivity index (χ1v) is 10.8. The van der Waals surface area contributed by atoms with Crippen LogP contribution in [0.1, 0.15) is 26.7 Å². The number of hydrogen-bond acceptors (Lipinski definition) is 5. The van der Waals surface area contributed by atoms with Crippen molar-refractivity contribution in [2.75, 3.05) is 66.5 Å². The highest BCUT2D eigenvalue weighted by molar-refractivity contribution is 14.0. The molecule has 1 saturated heterocycles. The first kappa shape index (κ1) is 26.8. The Labute approximate surface area is 199 Å². The monoisotopic (exact) mass is 533 g/mol. The van der Waals surface area contributed by atoms with Gasteiger partial charge in [0, 0.05) is 45.8 Å². The number of nitrogens with one attached hydrogen (secondary N) is 2. The molecule has 1 fully saturated rings. The second-order valence-electron chi connectivity index (χ2n) is 7.47. The SMILES string of the molecule is CCN1CCN(CCCCNC(=NC)NCC(C)Oc2cccc(OC)c2)CC1.I. The van der Waals surface area contributed by atoms with E-state index in [9.17, 15) is 0 Å². The fraction of sp³-hybridized carbons (Fsp3) is 0.682. The van der Waals surface area contributed by atoms with Crippen LogP contribution in [0.2, 0.25) is 0 Å². The summed E-state index contributed by atoms with van der Waals surface area (Å²) in [5.74, 6) is 2.43. The molecule has 1 aliphatic rings. The van der Waals surface area contributed by atoms with E-state index in [4.69, 9.17) is 9.47 Å². The van der Waals surface area contributed by atoms with Crippen LogP contribution in [0.3, 0.4) is 0 Å². The molecule has 1 atom stereocenters. The van der Waals surface area contributed by atoms with Crippen LogP contribution < -0.4 is 20.1 Å². The molecule has 2 N–H and O–H groups in total. The third-order valence-electron chi connectivity index (χ3n) is 5.26. The standard InChI is InChI=1S/C22H39N5O2.HI/c1-5-26-13-15-27(16-14-26)12-7-6-11-24-22(23-3)25-18-19(2)29-21-10-8-9-20(17-21)28-4;/h8-10,17,19H,5-7,11-16,18H2,1-4H3,(H2,23,24,25);1H. The van der Waals surface area contributed by atoms with Gasteiger partial charge in [0.25, 0.3) is 0 Å². The Bertz CT molecular complexity index is 609. The van der Waals surface area contributed by atoms with Gasteiger partial charge in [-0.25, -0.2) is 0 Å². The van der Waals surface area contributed by atoms with Gasteiger partial charge in [-0.2, -0.15) is 0 Å². The van der Waals surface area contributed by atoms with Crippen LogP contribution in [-0.2, 0) is 0 Å². The largest absolute Gasteiger partial charge is 0.497 e. The number of unbranched alkanes of at least 4 members (excludes halogenated alkanes) is 1. The summed E-state index contributed by atoms with van der Waals surface area (Å²) in [7, 11) is 3.46. The minimum absolute atomic E-state index is 0. The van der Waals surface area contributed by atoms with Crippen LogP contribution >= 0.6 is 24.0 Å². The van der Waals surface area contributed by atoms with Crippen molar-refractivity contribution in [1.82, 2.24) is 20.4 Å². The predicted octanol–water partition coefficient (Wildman–Crippen LogP) is 2.66. The van der Waals surface area contributed by atoms with Crippen molar-refractivity contribution in [2.45, 2.75) is 32.8 Å². The van der Waals surface area contributed by atoms with Crippen molar-refractivity contribution in [3.05, 3.63) is 24.3 Å². The third-order valence-corrected chi connectivity index (χ3v) is 5.26. The predicted molar refractivity (Wildman–Crippen MR) is 136 cm³/mol. The minimum atomic E-state index is 0. The zero-order chi connectivity index (χ0) is 20.9. The Morgan fingerprint density at radius 3 is 2.47 bits per heavy atom. The molecule has 0 radical (unpaired) electrons. The van der Waals surface area contributed by atoms with E-state index < -0.39 is 0 Å². The van der Waals surface area contributed by atoms with E-state index >= 15 is 0 Å². The van der Waals surface area contributed by atoms with Gasteiger partial charge in [0.15, 0.2) is 5.96 Å². The molecule has 1 heterocycles. The van der Waals surface area contributed by atoms with Crippen LogP contribution in [-0.4, -0.2) is 88.4 Å². The number of ether oxygens (including phenoxy) is 2. The second-order valence-corrected chi connectivity index (χ2v) is 7.47. The minimum Gasteiger partial charge on any atom is -0.497 e.